The van der Waals surface area contributed by atoms with Crippen molar-refractivity contribution >= 4 is 21.6 Å². The molecule has 1 heterocycles. The number of para-hydroxylation sites is 1. The lowest BCUT2D eigenvalue weighted by atomic mass is 10.1. The fourth-order valence-electron chi connectivity index (χ4n) is 3.72. The summed E-state index contributed by atoms with van der Waals surface area (Å²) in [6.07, 6.45) is 1.85. The topological polar surface area (TPSA) is 93.5 Å². The molecule has 1 aromatic heterocycles. The summed E-state index contributed by atoms with van der Waals surface area (Å²) in [4.78, 5) is 11.6. The van der Waals surface area contributed by atoms with Crippen LogP contribution in [0.15, 0.2) is 90.0 Å². The number of hydrogen-bond donors (Lipinski definition) is 1. The highest BCUT2D eigenvalue weighted by Crippen LogP contribution is 2.30. The summed E-state index contributed by atoms with van der Waals surface area (Å²) in [5.41, 5.74) is 3.50. The van der Waals surface area contributed by atoms with E-state index in [1.54, 1.807) is 4.68 Å². The third kappa shape index (κ3) is 5.26. The van der Waals surface area contributed by atoms with Gasteiger partial charge in [0.25, 0.3) is 0 Å². The molecule has 1 amide bonds. The lowest BCUT2D eigenvalue weighted by Crippen LogP contribution is -2.26. The van der Waals surface area contributed by atoms with E-state index in [1.165, 1.54) is 43.6 Å². The van der Waals surface area contributed by atoms with Crippen LogP contribution in [0.4, 0.5) is 5.69 Å². The van der Waals surface area contributed by atoms with Crippen LogP contribution in [0.1, 0.15) is 12.5 Å². The van der Waals surface area contributed by atoms with Crippen molar-refractivity contribution in [3.05, 3.63) is 90.6 Å². The maximum atomic E-state index is 13.4. The van der Waals surface area contributed by atoms with E-state index in [4.69, 9.17) is 9.84 Å². The Labute approximate surface area is 204 Å². The summed E-state index contributed by atoms with van der Waals surface area (Å²) in [5, 5.41) is 7.38. The van der Waals surface area contributed by atoms with Gasteiger partial charge in [0.2, 0.25) is 15.9 Å². The van der Waals surface area contributed by atoms with Crippen LogP contribution in [-0.4, -0.2) is 42.6 Å². The predicted octanol–water partition coefficient (Wildman–Crippen LogP) is 4.33. The number of hydrogen-bond acceptors (Lipinski definition) is 5. The summed E-state index contributed by atoms with van der Waals surface area (Å²) in [6.45, 7) is 1.45. The van der Waals surface area contributed by atoms with Crippen LogP contribution in [0.3, 0.4) is 0 Å². The maximum absolute atomic E-state index is 13.4. The van der Waals surface area contributed by atoms with Gasteiger partial charge in [0.1, 0.15) is 5.75 Å². The molecule has 0 radical (unpaired) electrons. The van der Waals surface area contributed by atoms with Crippen LogP contribution in [0.2, 0.25) is 0 Å². The molecule has 4 rings (SSSR count). The first-order chi connectivity index (χ1) is 16.8. The van der Waals surface area contributed by atoms with E-state index in [0.29, 0.717) is 11.4 Å². The number of aromatic nitrogens is 2. The molecule has 0 aliphatic rings. The van der Waals surface area contributed by atoms with E-state index in [0.717, 1.165) is 16.8 Å². The first-order valence-electron chi connectivity index (χ1n) is 10.9. The van der Waals surface area contributed by atoms with Crippen molar-refractivity contribution in [2.75, 3.05) is 19.5 Å². The van der Waals surface area contributed by atoms with Crippen molar-refractivity contribution in [2.45, 2.75) is 18.4 Å². The van der Waals surface area contributed by atoms with Gasteiger partial charge in [-0.05, 0) is 30.3 Å². The van der Waals surface area contributed by atoms with Crippen molar-refractivity contribution in [1.82, 2.24) is 14.1 Å². The van der Waals surface area contributed by atoms with Gasteiger partial charge in [0, 0.05) is 37.8 Å². The highest BCUT2D eigenvalue weighted by atomic mass is 32.2. The summed E-state index contributed by atoms with van der Waals surface area (Å²) in [5.74, 6) is 0.0457. The standard InChI is InChI=1S/C26H26N4O4S/c1-19(31)27-24-16-23(14-15-25(24)34-3)35(32,33)29(2)17-21-18-30(22-12-8-5-9-13-22)28-26(21)20-10-6-4-7-11-20/h4-16,18H,17H2,1-3H3,(H,27,31). The molecular weight excluding hydrogens is 464 g/mol. The Morgan fingerprint density at radius 3 is 2.31 bits per heavy atom. The van der Waals surface area contributed by atoms with Crippen LogP contribution in [0.5, 0.6) is 5.75 Å². The van der Waals surface area contributed by atoms with Gasteiger partial charge in [-0.1, -0.05) is 48.5 Å². The highest BCUT2D eigenvalue weighted by molar-refractivity contribution is 7.89. The van der Waals surface area contributed by atoms with Crippen LogP contribution in [0.25, 0.3) is 16.9 Å². The molecule has 4 aromatic rings. The normalized spacial score (nSPS) is 11.4. The number of anilines is 1. The number of methoxy groups -OCH3 is 1. The van der Waals surface area contributed by atoms with Gasteiger partial charge in [-0.3, -0.25) is 4.79 Å². The molecule has 3 aromatic carbocycles. The van der Waals surface area contributed by atoms with Gasteiger partial charge >= 0.3 is 0 Å². The van der Waals surface area contributed by atoms with Crippen LogP contribution >= 0.6 is 0 Å². The Morgan fingerprint density at radius 2 is 1.69 bits per heavy atom. The summed E-state index contributed by atoms with van der Waals surface area (Å²) >= 11 is 0. The molecule has 9 heteroatoms. The quantitative estimate of drug-likeness (QED) is 0.397. The van der Waals surface area contributed by atoms with Crippen molar-refractivity contribution in [1.29, 1.82) is 0 Å². The van der Waals surface area contributed by atoms with E-state index in [9.17, 15) is 13.2 Å². The second kappa shape index (κ2) is 10.1. The van der Waals surface area contributed by atoms with Gasteiger partial charge in [0.15, 0.2) is 0 Å². The zero-order valence-electron chi connectivity index (χ0n) is 19.7. The molecule has 180 valence electrons. The Kier molecular flexibility index (Phi) is 6.99. The Morgan fingerprint density at radius 1 is 1.03 bits per heavy atom. The highest BCUT2D eigenvalue weighted by Gasteiger charge is 2.25. The second-order valence-electron chi connectivity index (χ2n) is 7.95. The molecule has 0 saturated heterocycles. The van der Waals surface area contributed by atoms with Gasteiger partial charge in [-0.25, -0.2) is 13.1 Å². The largest absolute Gasteiger partial charge is 0.495 e. The predicted molar refractivity (Wildman–Crippen MR) is 135 cm³/mol. The molecule has 0 unspecified atom stereocenters. The molecule has 0 saturated carbocycles. The maximum Gasteiger partial charge on any atom is 0.243 e. The fraction of sp³-hybridized carbons (Fsp3) is 0.154. The summed E-state index contributed by atoms with van der Waals surface area (Å²) < 4.78 is 35.2. The molecule has 0 atom stereocenters. The van der Waals surface area contributed by atoms with Crippen LogP contribution in [-0.2, 0) is 21.4 Å². The number of carbonyl (C=O) groups is 1. The summed E-state index contributed by atoms with van der Waals surface area (Å²) in [6, 6.07) is 23.7. The van der Waals surface area contributed by atoms with E-state index in [-0.39, 0.29) is 23.0 Å². The van der Waals surface area contributed by atoms with E-state index >= 15 is 0 Å². The van der Waals surface area contributed by atoms with Gasteiger partial charge < -0.3 is 10.1 Å². The number of benzene rings is 3. The van der Waals surface area contributed by atoms with E-state index in [2.05, 4.69) is 5.32 Å². The van der Waals surface area contributed by atoms with E-state index < -0.39 is 10.0 Å². The number of nitrogens with one attached hydrogen (secondary N) is 1. The van der Waals surface area contributed by atoms with Crippen LogP contribution in [0, 0.1) is 0 Å². The number of rotatable bonds is 8. The zero-order chi connectivity index (χ0) is 25.0. The third-order valence-electron chi connectivity index (χ3n) is 5.44. The van der Waals surface area contributed by atoms with Gasteiger partial charge in [-0.15, -0.1) is 0 Å². The average Bonchev–Trinajstić information content (AvgIpc) is 3.28. The molecule has 8 nitrogen and oxygen atoms in total. The molecular formula is C26H26N4O4S. The molecule has 0 spiro atoms. The lowest BCUT2D eigenvalue weighted by molar-refractivity contribution is -0.114. The Balaban J connectivity index is 1.70. The van der Waals surface area contributed by atoms with Crippen molar-refractivity contribution in [3.63, 3.8) is 0 Å². The first kappa shape index (κ1) is 24.2. The fourth-order valence-corrected chi connectivity index (χ4v) is 4.89. The third-order valence-corrected chi connectivity index (χ3v) is 7.24. The zero-order valence-corrected chi connectivity index (χ0v) is 20.5. The van der Waals surface area contributed by atoms with Gasteiger partial charge in [0.05, 0.1) is 29.1 Å². The minimum atomic E-state index is -3.89. The SMILES string of the molecule is COc1ccc(S(=O)(=O)N(C)Cc2cn(-c3ccccc3)nc2-c2ccccc2)cc1NC(C)=O. The molecule has 1 N–H and O–H groups in total. The number of amides is 1. The van der Waals surface area contributed by atoms with Crippen LogP contribution < -0.4 is 10.1 Å². The molecule has 0 fully saturated rings. The summed E-state index contributed by atoms with van der Waals surface area (Å²) in [7, 11) is -0.910. The van der Waals surface area contributed by atoms with Crippen molar-refractivity contribution < 1.29 is 17.9 Å². The Hall–Kier alpha value is -3.95. The Bertz CT molecular complexity index is 1430. The molecule has 0 aliphatic heterocycles. The molecule has 35 heavy (non-hydrogen) atoms. The number of carbonyl (C=O) groups excluding carboxylic acids is 1. The van der Waals surface area contributed by atoms with E-state index in [1.807, 2.05) is 66.9 Å². The van der Waals surface area contributed by atoms with Gasteiger partial charge in [-0.2, -0.15) is 9.40 Å². The smallest absolute Gasteiger partial charge is 0.243 e. The first-order valence-corrected chi connectivity index (χ1v) is 12.3. The minimum absolute atomic E-state index is 0.0428. The van der Waals surface area contributed by atoms with Crippen molar-refractivity contribution in [2.24, 2.45) is 0 Å². The average molecular weight is 491 g/mol. The lowest BCUT2D eigenvalue weighted by Gasteiger charge is -2.18. The minimum Gasteiger partial charge on any atom is -0.495 e. The monoisotopic (exact) mass is 490 g/mol. The number of nitrogens with zero attached hydrogens (tertiary/aromatic N) is 3. The number of sulfonamides is 1. The number of ether oxygens (including phenoxy) is 1. The van der Waals surface area contributed by atoms with Crippen molar-refractivity contribution in [3.8, 4) is 22.7 Å². The molecule has 0 aliphatic carbocycles. The second-order valence-corrected chi connectivity index (χ2v) is 10.00. The molecule has 0 bridgehead atoms.